The Hall–Kier alpha value is -1.78. The van der Waals surface area contributed by atoms with Crippen molar-refractivity contribution in [3.05, 3.63) is 18.2 Å². The molecule has 1 saturated heterocycles. The molecule has 0 saturated carbocycles. The first-order valence-electron chi connectivity index (χ1n) is 4.93. The smallest absolute Gasteiger partial charge is 0.240 e. The number of carbonyl (C=O) groups excluding carboxylic acids is 1. The molecule has 0 aliphatic carbocycles. The van der Waals surface area contributed by atoms with Crippen LogP contribution in [0.1, 0.15) is 6.42 Å². The van der Waals surface area contributed by atoms with Crippen LogP contribution in [-0.2, 0) is 4.79 Å². The van der Waals surface area contributed by atoms with Crippen molar-refractivity contribution in [3.63, 3.8) is 0 Å². The molecule has 5 nitrogen and oxygen atoms in total. The zero-order valence-electron chi connectivity index (χ0n) is 8.60. The van der Waals surface area contributed by atoms with Crippen molar-refractivity contribution in [3.8, 4) is 0 Å². The molecular weight excluding hydrogens is 192 g/mol. The third-order valence-electron chi connectivity index (χ3n) is 2.63. The zero-order chi connectivity index (χ0) is 10.8. The maximum atomic E-state index is 11.1. The van der Waals surface area contributed by atoms with Crippen LogP contribution in [0, 0.1) is 0 Å². The molecule has 1 unspecified atom stereocenters. The molecule has 0 radical (unpaired) electrons. The minimum absolute atomic E-state index is 0.190. The molecule has 0 aromatic carbocycles. The Morgan fingerprint density at radius 2 is 2.47 bits per heavy atom. The van der Waals surface area contributed by atoms with Crippen LogP contribution in [0.25, 0.3) is 0 Å². The first-order valence-corrected chi connectivity index (χ1v) is 4.93. The normalized spacial score (nSPS) is 19.5. The van der Waals surface area contributed by atoms with Crippen molar-refractivity contribution >= 4 is 17.5 Å². The summed E-state index contributed by atoms with van der Waals surface area (Å²) >= 11 is 0. The van der Waals surface area contributed by atoms with Crippen molar-refractivity contribution < 1.29 is 4.79 Å². The fourth-order valence-corrected chi connectivity index (χ4v) is 1.68. The van der Waals surface area contributed by atoms with E-state index >= 15 is 0 Å². The molecule has 1 aromatic heterocycles. The van der Waals surface area contributed by atoms with Crippen LogP contribution in [0.4, 0.5) is 11.6 Å². The summed E-state index contributed by atoms with van der Waals surface area (Å²) in [4.78, 5) is 17.3. The predicted octanol–water partition coefficient (Wildman–Crippen LogP) is 0.187. The van der Waals surface area contributed by atoms with E-state index < -0.39 is 0 Å². The number of hydrogen-bond donors (Lipinski definition) is 2. The van der Waals surface area contributed by atoms with E-state index in [0.717, 1.165) is 24.6 Å². The summed E-state index contributed by atoms with van der Waals surface area (Å²) in [5, 5.41) is 2.96. The quantitative estimate of drug-likeness (QED) is 0.740. The maximum Gasteiger partial charge on any atom is 0.240 e. The average molecular weight is 206 g/mol. The summed E-state index contributed by atoms with van der Waals surface area (Å²) in [7, 11) is 1.81. The third-order valence-corrected chi connectivity index (χ3v) is 2.63. The molecule has 1 fully saturated rings. The van der Waals surface area contributed by atoms with Gasteiger partial charge in [0.05, 0.1) is 0 Å². The van der Waals surface area contributed by atoms with Gasteiger partial charge in [0.1, 0.15) is 17.7 Å². The summed E-state index contributed by atoms with van der Waals surface area (Å²) < 4.78 is 0. The monoisotopic (exact) mass is 206 g/mol. The van der Waals surface area contributed by atoms with Gasteiger partial charge in [0, 0.05) is 13.6 Å². The van der Waals surface area contributed by atoms with Crippen LogP contribution >= 0.6 is 0 Å². The molecule has 1 aliphatic rings. The lowest BCUT2D eigenvalue weighted by molar-refractivity contribution is -0.120. The first-order chi connectivity index (χ1) is 7.22. The van der Waals surface area contributed by atoms with Gasteiger partial charge in [-0.3, -0.25) is 4.79 Å². The molecule has 0 spiro atoms. The van der Waals surface area contributed by atoms with E-state index in [9.17, 15) is 4.79 Å². The SMILES string of the molecule is CNc1cccc(N2CCC2C(N)=O)n1. The van der Waals surface area contributed by atoms with Gasteiger partial charge in [-0.15, -0.1) is 0 Å². The molecule has 1 aliphatic heterocycles. The predicted molar refractivity (Wildman–Crippen MR) is 58.7 cm³/mol. The van der Waals surface area contributed by atoms with Crippen LogP contribution in [0.15, 0.2) is 18.2 Å². The van der Waals surface area contributed by atoms with Gasteiger partial charge in [0.2, 0.25) is 5.91 Å². The van der Waals surface area contributed by atoms with E-state index in [-0.39, 0.29) is 11.9 Å². The van der Waals surface area contributed by atoms with Gasteiger partial charge in [-0.1, -0.05) is 6.07 Å². The standard InChI is InChI=1S/C10H14N4O/c1-12-8-3-2-4-9(13-8)14-6-5-7(14)10(11)15/h2-4,7H,5-6H2,1H3,(H2,11,15)(H,12,13). The van der Waals surface area contributed by atoms with Gasteiger partial charge in [0.15, 0.2) is 0 Å². The minimum atomic E-state index is -0.280. The van der Waals surface area contributed by atoms with Crippen LogP contribution in [-0.4, -0.2) is 30.5 Å². The van der Waals surface area contributed by atoms with E-state index in [0.29, 0.717) is 0 Å². The molecule has 2 heterocycles. The third kappa shape index (κ3) is 1.72. The average Bonchev–Trinajstić information content (AvgIpc) is 2.15. The number of rotatable bonds is 3. The van der Waals surface area contributed by atoms with E-state index in [2.05, 4.69) is 10.3 Å². The lowest BCUT2D eigenvalue weighted by atomic mass is 10.0. The molecule has 3 N–H and O–H groups in total. The summed E-state index contributed by atoms with van der Waals surface area (Å²) in [6.45, 7) is 0.841. The highest BCUT2D eigenvalue weighted by molar-refractivity contribution is 5.85. The lowest BCUT2D eigenvalue weighted by Crippen LogP contribution is -2.55. The van der Waals surface area contributed by atoms with Crippen LogP contribution in [0.3, 0.4) is 0 Å². The Balaban J connectivity index is 2.19. The lowest BCUT2D eigenvalue weighted by Gasteiger charge is -2.39. The molecule has 2 rings (SSSR count). The zero-order valence-corrected chi connectivity index (χ0v) is 8.60. The van der Waals surface area contributed by atoms with E-state index in [4.69, 9.17) is 5.73 Å². The van der Waals surface area contributed by atoms with Crippen molar-refractivity contribution in [2.75, 3.05) is 23.8 Å². The molecule has 1 aromatic rings. The van der Waals surface area contributed by atoms with Gasteiger partial charge >= 0.3 is 0 Å². The van der Waals surface area contributed by atoms with Crippen LogP contribution in [0.2, 0.25) is 0 Å². The number of nitrogens with one attached hydrogen (secondary N) is 1. The number of hydrogen-bond acceptors (Lipinski definition) is 4. The number of carbonyl (C=O) groups is 1. The van der Waals surface area contributed by atoms with Gasteiger partial charge in [-0.2, -0.15) is 0 Å². The fourth-order valence-electron chi connectivity index (χ4n) is 1.68. The summed E-state index contributed by atoms with van der Waals surface area (Å²) in [5.74, 6) is 1.32. The number of primary amides is 1. The number of pyridine rings is 1. The van der Waals surface area contributed by atoms with Gasteiger partial charge in [-0.05, 0) is 18.6 Å². The minimum Gasteiger partial charge on any atom is -0.373 e. The second-order valence-corrected chi connectivity index (χ2v) is 3.53. The molecule has 80 valence electrons. The Morgan fingerprint density at radius 3 is 3.00 bits per heavy atom. The molecular formula is C10H14N4O. The first kappa shape index (κ1) is 9.76. The highest BCUT2D eigenvalue weighted by Crippen LogP contribution is 2.25. The van der Waals surface area contributed by atoms with Crippen molar-refractivity contribution in [2.45, 2.75) is 12.5 Å². The fraction of sp³-hybridized carbons (Fsp3) is 0.400. The van der Waals surface area contributed by atoms with Crippen LogP contribution < -0.4 is 16.0 Å². The van der Waals surface area contributed by atoms with E-state index in [1.165, 1.54) is 0 Å². The number of amides is 1. The second-order valence-electron chi connectivity index (χ2n) is 3.53. The van der Waals surface area contributed by atoms with Gasteiger partial charge in [-0.25, -0.2) is 4.98 Å². The highest BCUT2D eigenvalue weighted by Gasteiger charge is 2.33. The van der Waals surface area contributed by atoms with E-state index in [1.54, 1.807) is 0 Å². The summed E-state index contributed by atoms with van der Waals surface area (Å²) in [6.07, 6.45) is 0.820. The molecule has 0 bridgehead atoms. The Morgan fingerprint density at radius 1 is 1.67 bits per heavy atom. The number of nitrogens with zero attached hydrogens (tertiary/aromatic N) is 2. The molecule has 5 heteroatoms. The number of anilines is 2. The van der Waals surface area contributed by atoms with Gasteiger partial charge < -0.3 is 16.0 Å². The van der Waals surface area contributed by atoms with Crippen molar-refractivity contribution in [1.82, 2.24) is 4.98 Å². The number of aromatic nitrogens is 1. The molecule has 1 amide bonds. The Bertz CT molecular complexity index is 379. The summed E-state index contributed by atoms with van der Waals surface area (Å²) in [6, 6.07) is 5.48. The highest BCUT2D eigenvalue weighted by atomic mass is 16.1. The largest absolute Gasteiger partial charge is 0.373 e. The van der Waals surface area contributed by atoms with Crippen molar-refractivity contribution in [1.29, 1.82) is 0 Å². The van der Waals surface area contributed by atoms with Crippen molar-refractivity contribution in [2.24, 2.45) is 5.73 Å². The Kier molecular flexibility index (Phi) is 2.45. The van der Waals surface area contributed by atoms with Crippen LogP contribution in [0.5, 0.6) is 0 Å². The topological polar surface area (TPSA) is 71.2 Å². The van der Waals surface area contributed by atoms with E-state index in [1.807, 2.05) is 30.1 Å². The Labute approximate surface area is 88.3 Å². The maximum absolute atomic E-state index is 11.1. The molecule has 1 atom stereocenters. The summed E-state index contributed by atoms with van der Waals surface area (Å²) in [5.41, 5.74) is 5.27. The van der Waals surface area contributed by atoms with Gasteiger partial charge in [0.25, 0.3) is 0 Å². The number of nitrogens with two attached hydrogens (primary N) is 1. The molecule has 15 heavy (non-hydrogen) atoms. The second kappa shape index (κ2) is 3.76.